The first kappa shape index (κ1) is 21.5. The molecule has 0 bridgehead atoms. The van der Waals surface area contributed by atoms with Crippen LogP contribution in [-0.2, 0) is 34.8 Å². The van der Waals surface area contributed by atoms with E-state index in [-0.39, 0.29) is 22.2 Å². The van der Waals surface area contributed by atoms with Crippen LogP contribution < -0.4 is 0 Å². The second-order valence-corrected chi connectivity index (χ2v) is 9.80. The molecule has 2 aromatic rings. The van der Waals surface area contributed by atoms with Crippen LogP contribution in [0.15, 0.2) is 16.5 Å². The number of aromatic nitrogens is 2. The molecule has 0 aromatic carbocycles. The van der Waals surface area contributed by atoms with E-state index in [0.717, 1.165) is 11.3 Å². The summed E-state index contributed by atoms with van der Waals surface area (Å²) in [5, 5.41) is 4.03. The van der Waals surface area contributed by atoms with Crippen LogP contribution in [0.4, 0.5) is 0 Å². The number of hydrogen-bond donors (Lipinski definition) is 0. The van der Waals surface area contributed by atoms with Gasteiger partial charge in [0, 0.05) is 37.8 Å². The first-order valence-corrected chi connectivity index (χ1v) is 11.5. The molecule has 0 N–H and O–H groups in total. The van der Waals surface area contributed by atoms with Gasteiger partial charge in [-0.3, -0.25) is 9.48 Å². The third-order valence-corrected chi connectivity index (χ3v) is 8.78. The summed E-state index contributed by atoms with van der Waals surface area (Å²) in [6.07, 6.45) is 1.94. The van der Waals surface area contributed by atoms with E-state index in [1.807, 2.05) is 0 Å². The van der Waals surface area contributed by atoms with Gasteiger partial charge in [-0.05, 0) is 18.1 Å². The number of ether oxygens (including phenoxy) is 1. The van der Waals surface area contributed by atoms with Crippen LogP contribution in [0, 0.1) is 0 Å². The molecule has 1 aliphatic heterocycles. The SMILES string of the molecule is CCN(CC)S(=O)(=O)c1sc2c(c1C(=O)OC)CCN(C(=O)c1ccnn1C)C2. The normalized spacial score (nSPS) is 14.2. The third kappa shape index (κ3) is 3.69. The highest BCUT2D eigenvalue weighted by atomic mass is 32.2. The van der Waals surface area contributed by atoms with Crippen LogP contribution in [0.2, 0.25) is 0 Å². The van der Waals surface area contributed by atoms with Gasteiger partial charge in [-0.1, -0.05) is 13.8 Å². The van der Waals surface area contributed by atoms with Gasteiger partial charge in [0.1, 0.15) is 9.90 Å². The van der Waals surface area contributed by atoms with Crippen LogP contribution in [0.3, 0.4) is 0 Å². The molecule has 1 aliphatic rings. The topological polar surface area (TPSA) is 102 Å². The van der Waals surface area contributed by atoms with E-state index in [9.17, 15) is 18.0 Å². The van der Waals surface area contributed by atoms with Crippen molar-refractivity contribution in [1.29, 1.82) is 0 Å². The summed E-state index contributed by atoms with van der Waals surface area (Å²) in [5.41, 5.74) is 1.21. The van der Waals surface area contributed by atoms with Crippen molar-refractivity contribution in [2.75, 3.05) is 26.7 Å². The molecular formula is C18H24N4O5S2. The maximum absolute atomic E-state index is 13.1. The molecular weight excluding hydrogens is 416 g/mol. The minimum absolute atomic E-state index is 0.00659. The summed E-state index contributed by atoms with van der Waals surface area (Å²) in [7, 11) is -0.906. The summed E-state index contributed by atoms with van der Waals surface area (Å²) < 4.78 is 34.0. The number of fused-ring (bicyclic) bond motifs is 1. The average Bonchev–Trinajstić information content (AvgIpc) is 3.30. The van der Waals surface area contributed by atoms with Crippen LogP contribution in [0.25, 0.3) is 0 Å². The number of rotatable bonds is 6. The lowest BCUT2D eigenvalue weighted by Gasteiger charge is -2.27. The number of hydrogen-bond acceptors (Lipinski definition) is 7. The van der Waals surface area contributed by atoms with Gasteiger partial charge in [-0.2, -0.15) is 9.40 Å². The fourth-order valence-corrected chi connectivity index (χ4v) is 6.97. The zero-order valence-corrected chi connectivity index (χ0v) is 18.5. The Morgan fingerprint density at radius 3 is 2.55 bits per heavy atom. The molecule has 11 heteroatoms. The molecule has 0 aliphatic carbocycles. The van der Waals surface area contributed by atoms with E-state index in [1.165, 1.54) is 16.1 Å². The van der Waals surface area contributed by atoms with Crippen LogP contribution in [0.1, 0.15) is 45.1 Å². The van der Waals surface area contributed by atoms with Crippen molar-refractivity contribution in [2.24, 2.45) is 7.05 Å². The Morgan fingerprint density at radius 2 is 2.00 bits per heavy atom. The number of nitrogens with zero attached hydrogens (tertiary/aromatic N) is 4. The summed E-state index contributed by atoms with van der Waals surface area (Å²) in [6.45, 7) is 4.71. The lowest BCUT2D eigenvalue weighted by Crippen LogP contribution is -2.36. The molecule has 9 nitrogen and oxygen atoms in total. The molecule has 0 atom stereocenters. The first-order valence-electron chi connectivity index (χ1n) is 9.26. The minimum Gasteiger partial charge on any atom is -0.465 e. The van der Waals surface area contributed by atoms with Crippen molar-refractivity contribution in [3.8, 4) is 0 Å². The number of methoxy groups -OCH3 is 1. The Labute approximate surface area is 173 Å². The number of thiophene rings is 1. The number of esters is 1. The second-order valence-electron chi connectivity index (χ2n) is 6.56. The lowest BCUT2D eigenvalue weighted by molar-refractivity contribution is 0.0595. The van der Waals surface area contributed by atoms with E-state index in [4.69, 9.17) is 4.74 Å². The highest BCUT2D eigenvalue weighted by molar-refractivity contribution is 7.91. The largest absolute Gasteiger partial charge is 0.465 e. The van der Waals surface area contributed by atoms with Gasteiger partial charge in [-0.15, -0.1) is 11.3 Å². The van der Waals surface area contributed by atoms with Crippen molar-refractivity contribution < 1.29 is 22.7 Å². The molecule has 0 fully saturated rings. The van der Waals surface area contributed by atoms with Crippen molar-refractivity contribution in [1.82, 2.24) is 19.0 Å². The quantitative estimate of drug-likeness (QED) is 0.631. The average molecular weight is 441 g/mol. The van der Waals surface area contributed by atoms with Crippen LogP contribution in [-0.4, -0.2) is 66.0 Å². The first-order chi connectivity index (χ1) is 13.8. The molecule has 0 spiro atoms. The molecule has 0 saturated carbocycles. The summed E-state index contributed by atoms with van der Waals surface area (Å²) in [4.78, 5) is 27.6. The smallest absolute Gasteiger partial charge is 0.340 e. The van der Waals surface area contributed by atoms with Crippen molar-refractivity contribution in [3.63, 3.8) is 0 Å². The predicted molar refractivity (Wildman–Crippen MR) is 107 cm³/mol. The highest BCUT2D eigenvalue weighted by Crippen LogP contribution is 2.38. The van der Waals surface area contributed by atoms with Gasteiger partial charge in [0.2, 0.25) is 0 Å². The van der Waals surface area contributed by atoms with E-state index >= 15 is 0 Å². The Balaban J connectivity index is 2.03. The van der Waals surface area contributed by atoms with Gasteiger partial charge < -0.3 is 9.64 Å². The van der Waals surface area contributed by atoms with Crippen molar-refractivity contribution in [3.05, 3.63) is 34.0 Å². The predicted octanol–water partition coefficient (Wildman–Crippen LogP) is 1.50. The Hall–Kier alpha value is -2.24. The molecule has 29 heavy (non-hydrogen) atoms. The Morgan fingerprint density at radius 1 is 1.31 bits per heavy atom. The fourth-order valence-electron chi connectivity index (χ4n) is 3.47. The zero-order chi connectivity index (χ0) is 21.3. The van der Waals surface area contributed by atoms with Crippen LogP contribution >= 0.6 is 11.3 Å². The van der Waals surface area contributed by atoms with E-state index < -0.39 is 16.0 Å². The van der Waals surface area contributed by atoms with Gasteiger partial charge in [0.25, 0.3) is 15.9 Å². The molecule has 1 amide bonds. The zero-order valence-electron chi connectivity index (χ0n) is 16.8. The molecule has 3 heterocycles. The Bertz CT molecular complexity index is 1040. The van der Waals surface area contributed by atoms with E-state index in [1.54, 1.807) is 38.1 Å². The number of amides is 1. The van der Waals surface area contributed by atoms with Gasteiger partial charge in [0.15, 0.2) is 0 Å². The lowest BCUT2D eigenvalue weighted by atomic mass is 10.0. The van der Waals surface area contributed by atoms with Crippen molar-refractivity contribution >= 4 is 33.2 Å². The molecule has 2 aromatic heterocycles. The summed E-state index contributed by atoms with van der Waals surface area (Å²) in [6, 6.07) is 1.64. The highest BCUT2D eigenvalue weighted by Gasteiger charge is 2.37. The second kappa shape index (κ2) is 8.25. The van der Waals surface area contributed by atoms with Gasteiger partial charge in [-0.25, -0.2) is 13.2 Å². The number of aryl methyl sites for hydroxylation is 1. The Kier molecular flexibility index (Phi) is 6.11. The third-order valence-electron chi connectivity index (χ3n) is 5.02. The minimum atomic E-state index is -3.84. The van der Waals surface area contributed by atoms with Gasteiger partial charge >= 0.3 is 5.97 Å². The summed E-state index contributed by atoms with van der Waals surface area (Å²) >= 11 is 1.05. The summed E-state index contributed by atoms with van der Waals surface area (Å²) in [5.74, 6) is -0.850. The van der Waals surface area contributed by atoms with Crippen molar-refractivity contribution in [2.45, 2.75) is 31.0 Å². The van der Waals surface area contributed by atoms with E-state index in [2.05, 4.69) is 5.10 Å². The molecule has 3 rings (SSSR count). The molecule has 0 unspecified atom stereocenters. The number of carbonyl (C=O) groups is 2. The number of sulfonamides is 1. The van der Waals surface area contributed by atoms with Gasteiger partial charge in [0.05, 0.1) is 19.2 Å². The molecule has 158 valence electrons. The molecule has 0 radical (unpaired) electrons. The van der Waals surface area contributed by atoms with Crippen LogP contribution in [0.5, 0.6) is 0 Å². The number of carbonyl (C=O) groups excluding carboxylic acids is 2. The maximum Gasteiger partial charge on any atom is 0.340 e. The van der Waals surface area contributed by atoms with E-state index in [0.29, 0.717) is 42.2 Å². The molecule has 0 saturated heterocycles. The fraction of sp³-hybridized carbons (Fsp3) is 0.500. The maximum atomic E-state index is 13.1. The monoisotopic (exact) mass is 440 g/mol. The standard InChI is InChI=1S/C18H24N4O5S2/c1-5-22(6-2)29(25,26)18-15(17(24)27-4)12-8-10-21(11-14(12)28-18)16(23)13-7-9-19-20(13)3/h7,9H,5-6,8,10-11H2,1-4H3.